The fraction of sp³-hybridized carbons (Fsp3) is 0.533. The number of benzene rings is 1. The van der Waals surface area contributed by atoms with E-state index < -0.39 is 0 Å². The summed E-state index contributed by atoms with van der Waals surface area (Å²) in [6.45, 7) is 6.12. The lowest BCUT2D eigenvalue weighted by Gasteiger charge is -2.14. The van der Waals surface area contributed by atoms with E-state index in [1.54, 1.807) is 18.2 Å². The van der Waals surface area contributed by atoms with Gasteiger partial charge in [0.2, 0.25) is 0 Å². The molecule has 1 aromatic carbocycles. The van der Waals surface area contributed by atoms with E-state index >= 15 is 0 Å². The summed E-state index contributed by atoms with van der Waals surface area (Å²) in [6, 6.07) is 4.97. The zero-order valence-electron chi connectivity index (χ0n) is 12.6. The molecular formula is C15H23ClN2O3. The summed E-state index contributed by atoms with van der Waals surface area (Å²) >= 11 is 6.11. The third kappa shape index (κ3) is 6.69. The topological polar surface area (TPSA) is 59.6 Å². The minimum atomic E-state index is -0.264. The number of carbonyl (C=O) groups excluding carboxylic acids is 1. The maximum Gasteiger partial charge on any atom is 0.319 e. The molecule has 0 fully saturated rings. The van der Waals surface area contributed by atoms with Gasteiger partial charge in [0.05, 0.1) is 17.3 Å². The number of halogens is 1. The summed E-state index contributed by atoms with van der Waals surface area (Å²) < 4.78 is 10.8. The van der Waals surface area contributed by atoms with Crippen LogP contribution >= 0.6 is 11.6 Å². The fourth-order valence-corrected chi connectivity index (χ4v) is 1.88. The maximum atomic E-state index is 11.8. The Morgan fingerprint density at radius 3 is 2.81 bits per heavy atom. The number of hydrogen-bond donors (Lipinski definition) is 2. The Balaban J connectivity index is 2.59. The average Bonchev–Trinajstić information content (AvgIpc) is 2.46. The van der Waals surface area contributed by atoms with Crippen LogP contribution in [0.2, 0.25) is 5.02 Å². The van der Waals surface area contributed by atoms with Crippen molar-refractivity contribution in [1.82, 2.24) is 5.32 Å². The molecule has 5 nitrogen and oxygen atoms in total. The Morgan fingerprint density at radius 1 is 1.29 bits per heavy atom. The molecule has 0 radical (unpaired) electrons. The number of amides is 2. The minimum Gasteiger partial charge on any atom is -0.487 e. The van der Waals surface area contributed by atoms with Crippen molar-refractivity contribution in [3.8, 4) is 5.75 Å². The molecule has 2 N–H and O–H groups in total. The molecule has 0 aliphatic rings. The fourth-order valence-electron chi connectivity index (χ4n) is 1.65. The molecule has 1 rings (SSSR count). The summed E-state index contributed by atoms with van der Waals surface area (Å²) in [4.78, 5) is 11.8. The standard InChI is InChI=1S/C15H23ClN2O3/c1-3-5-9-17-15(19)18-13-8-6-7-12(16)14(13)21-11-10-20-4-2/h6-8H,3-5,9-11H2,1-2H3,(H2,17,18,19). The number of para-hydroxylation sites is 1. The first kappa shape index (κ1) is 17.6. The van der Waals surface area contributed by atoms with Crippen molar-refractivity contribution in [3.05, 3.63) is 23.2 Å². The number of unbranched alkanes of at least 4 members (excludes halogenated alkanes) is 1. The maximum absolute atomic E-state index is 11.8. The van der Waals surface area contributed by atoms with Gasteiger partial charge in [0.15, 0.2) is 5.75 Å². The molecule has 0 aliphatic heterocycles. The SMILES string of the molecule is CCCCNC(=O)Nc1cccc(Cl)c1OCCOCC. The number of nitrogens with one attached hydrogen (secondary N) is 2. The molecule has 0 aromatic heterocycles. The monoisotopic (exact) mass is 314 g/mol. The van der Waals surface area contributed by atoms with Crippen LogP contribution in [0, 0.1) is 0 Å². The van der Waals surface area contributed by atoms with Crippen molar-refractivity contribution >= 4 is 23.3 Å². The van der Waals surface area contributed by atoms with E-state index in [2.05, 4.69) is 17.6 Å². The van der Waals surface area contributed by atoms with Gasteiger partial charge in [-0.1, -0.05) is 31.0 Å². The van der Waals surface area contributed by atoms with Gasteiger partial charge in [0.1, 0.15) is 6.61 Å². The molecule has 0 saturated heterocycles. The number of anilines is 1. The lowest BCUT2D eigenvalue weighted by molar-refractivity contribution is 0.110. The van der Waals surface area contributed by atoms with Gasteiger partial charge in [-0.2, -0.15) is 0 Å². The molecular weight excluding hydrogens is 292 g/mol. The van der Waals surface area contributed by atoms with E-state index in [0.717, 1.165) is 12.8 Å². The Labute approximate surface area is 131 Å². The number of carbonyl (C=O) groups is 1. The third-order valence-electron chi connectivity index (χ3n) is 2.71. The lowest BCUT2D eigenvalue weighted by atomic mass is 10.3. The van der Waals surface area contributed by atoms with Crippen LogP contribution in [-0.2, 0) is 4.74 Å². The second-order valence-corrected chi connectivity index (χ2v) is 4.80. The van der Waals surface area contributed by atoms with Gasteiger partial charge in [-0.25, -0.2) is 4.79 Å². The zero-order chi connectivity index (χ0) is 15.5. The Kier molecular flexibility index (Phi) is 8.62. The van der Waals surface area contributed by atoms with Crippen molar-refractivity contribution in [2.75, 3.05) is 31.7 Å². The van der Waals surface area contributed by atoms with Crippen molar-refractivity contribution < 1.29 is 14.3 Å². The van der Waals surface area contributed by atoms with Gasteiger partial charge in [0.25, 0.3) is 0 Å². The van der Waals surface area contributed by atoms with E-state index in [9.17, 15) is 4.79 Å². The second kappa shape index (κ2) is 10.3. The van der Waals surface area contributed by atoms with Crippen LogP contribution in [0.3, 0.4) is 0 Å². The predicted octanol–water partition coefficient (Wildman–Crippen LogP) is 3.68. The highest BCUT2D eigenvalue weighted by Gasteiger charge is 2.11. The van der Waals surface area contributed by atoms with Crippen LogP contribution in [0.15, 0.2) is 18.2 Å². The van der Waals surface area contributed by atoms with E-state index in [-0.39, 0.29) is 6.03 Å². The Bertz CT molecular complexity index is 441. The van der Waals surface area contributed by atoms with Gasteiger partial charge < -0.3 is 20.1 Å². The minimum absolute atomic E-state index is 0.264. The Morgan fingerprint density at radius 2 is 2.10 bits per heavy atom. The van der Waals surface area contributed by atoms with Crippen molar-refractivity contribution in [1.29, 1.82) is 0 Å². The summed E-state index contributed by atoms with van der Waals surface area (Å²) in [5, 5.41) is 5.99. The van der Waals surface area contributed by atoms with Crippen molar-refractivity contribution in [2.45, 2.75) is 26.7 Å². The van der Waals surface area contributed by atoms with E-state index in [1.807, 2.05) is 6.92 Å². The van der Waals surface area contributed by atoms with Gasteiger partial charge in [-0.3, -0.25) is 0 Å². The second-order valence-electron chi connectivity index (χ2n) is 4.40. The first-order valence-corrected chi connectivity index (χ1v) is 7.60. The molecule has 21 heavy (non-hydrogen) atoms. The largest absolute Gasteiger partial charge is 0.487 e. The molecule has 2 amide bonds. The summed E-state index contributed by atoms with van der Waals surface area (Å²) in [7, 11) is 0. The lowest BCUT2D eigenvalue weighted by Crippen LogP contribution is -2.29. The predicted molar refractivity (Wildman–Crippen MR) is 85.4 cm³/mol. The molecule has 118 valence electrons. The first-order valence-electron chi connectivity index (χ1n) is 7.23. The van der Waals surface area contributed by atoms with E-state index in [4.69, 9.17) is 21.1 Å². The average molecular weight is 315 g/mol. The van der Waals surface area contributed by atoms with Crippen LogP contribution in [0.4, 0.5) is 10.5 Å². The first-order chi connectivity index (χ1) is 10.2. The van der Waals surface area contributed by atoms with Crippen LogP contribution in [0.1, 0.15) is 26.7 Å². The quantitative estimate of drug-likeness (QED) is 0.684. The third-order valence-corrected chi connectivity index (χ3v) is 3.01. The molecule has 0 aliphatic carbocycles. The van der Waals surface area contributed by atoms with Crippen LogP contribution in [0.25, 0.3) is 0 Å². The summed E-state index contributed by atoms with van der Waals surface area (Å²) in [5.74, 6) is 0.463. The van der Waals surface area contributed by atoms with Gasteiger partial charge in [0, 0.05) is 13.2 Å². The highest BCUT2D eigenvalue weighted by atomic mass is 35.5. The molecule has 0 saturated carbocycles. The van der Waals surface area contributed by atoms with Gasteiger partial charge >= 0.3 is 6.03 Å². The smallest absolute Gasteiger partial charge is 0.319 e. The van der Waals surface area contributed by atoms with Gasteiger partial charge in [-0.15, -0.1) is 0 Å². The highest BCUT2D eigenvalue weighted by molar-refractivity contribution is 6.32. The summed E-state index contributed by atoms with van der Waals surface area (Å²) in [5.41, 5.74) is 0.549. The molecule has 0 heterocycles. The van der Waals surface area contributed by atoms with E-state index in [0.29, 0.717) is 42.8 Å². The van der Waals surface area contributed by atoms with Crippen molar-refractivity contribution in [3.63, 3.8) is 0 Å². The number of hydrogen-bond acceptors (Lipinski definition) is 3. The molecule has 1 aromatic rings. The van der Waals surface area contributed by atoms with Gasteiger partial charge in [-0.05, 0) is 25.5 Å². The van der Waals surface area contributed by atoms with Crippen molar-refractivity contribution in [2.24, 2.45) is 0 Å². The molecule has 0 bridgehead atoms. The van der Waals surface area contributed by atoms with E-state index in [1.165, 1.54) is 0 Å². The highest BCUT2D eigenvalue weighted by Crippen LogP contribution is 2.32. The zero-order valence-corrected chi connectivity index (χ0v) is 13.3. The number of urea groups is 1. The Hall–Kier alpha value is -1.46. The molecule has 0 spiro atoms. The summed E-state index contributed by atoms with van der Waals surface area (Å²) in [6.07, 6.45) is 1.98. The van der Waals surface area contributed by atoms with Crippen LogP contribution in [0.5, 0.6) is 5.75 Å². The number of rotatable bonds is 9. The molecule has 0 atom stereocenters. The molecule has 0 unspecified atom stereocenters. The normalized spacial score (nSPS) is 10.2. The number of ether oxygens (including phenoxy) is 2. The van der Waals surface area contributed by atoms with Crippen LogP contribution < -0.4 is 15.4 Å². The van der Waals surface area contributed by atoms with Crippen LogP contribution in [-0.4, -0.2) is 32.4 Å². The molecule has 6 heteroatoms.